The van der Waals surface area contributed by atoms with Gasteiger partial charge in [0, 0.05) is 5.02 Å². The Kier molecular flexibility index (Phi) is 8.37. The number of nitrogens with one attached hydrogen (secondary N) is 2. The van der Waals surface area contributed by atoms with Gasteiger partial charge in [0.15, 0.2) is 0 Å². The fourth-order valence-electron chi connectivity index (χ4n) is 3.26. The van der Waals surface area contributed by atoms with E-state index >= 15 is 0 Å². The SMILES string of the molecule is COc1ccc(S(=O)(=O)N[C@H](Cc2ccccc2)C(=O)N[C@@H](C)c2ccc(Cl)cc2)cc1Cl. The van der Waals surface area contributed by atoms with Gasteiger partial charge >= 0.3 is 0 Å². The first-order valence-corrected chi connectivity index (χ1v) is 12.4. The van der Waals surface area contributed by atoms with Crippen LogP contribution in [0.2, 0.25) is 10.0 Å². The van der Waals surface area contributed by atoms with Gasteiger partial charge in [-0.25, -0.2) is 8.42 Å². The standard InChI is InChI=1S/C24H24Cl2N2O4S/c1-16(18-8-10-19(25)11-9-18)27-24(29)22(14-17-6-4-3-5-7-17)28-33(30,31)20-12-13-23(32-2)21(26)15-20/h3-13,15-16,22,28H,14H2,1-2H3,(H,27,29)/t16-,22+/m0/s1. The average Bonchev–Trinajstić information content (AvgIpc) is 2.79. The maximum atomic E-state index is 13.2. The fourth-order valence-corrected chi connectivity index (χ4v) is 4.93. The molecule has 9 heteroatoms. The quantitative estimate of drug-likeness (QED) is 0.437. The Morgan fingerprint density at radius 2 is 1.67 bits per heavy atom. The number of halogens is 2. The van der Waals surface area contributed by atoms with Crippen LogP contribution < -0.4 is 14.8 Å². The summed E-state index contributed by atoms with van der Waals surface area (Å²) in [5.41, 5.74) is 1.66. The number of carbonyl (C=O) groups is 1. The molecule has 0 aliphatic heterocycles. The van der Waals surface area contributed by atoms with Crippen molar-refractivity contribution < 1.29 is 17.9 Å². The highest BCUT2D eigenvalue weighted by atomic mass is 35.5. The van der Waals surface area contributed by atoms with E-state index in [0.29, 0.717) is 10.8 Å². The molecule has 0 saturated carbocycles. The average molecular weight is 507 g/mol. The Balaban J connectivity index is 1.84. The summed E-state index contributed by atoms with van der Waals surface area (Å²) in [6, 6.07) is 19.0. The van der Waals surface area contributed by atoms with E-state index in [9.17, 15) is 13.2 Å². The van der Waals surface area contributed by atoms with Crippen LogP contribution in [0.15, 0.2) is 77.7 Å². The van der Waals surface area contributed by atoms with Crippen LogP contribution in [0.3, 0.4) is 0 Å². The van der Waals surface area contributed by atoms with E-state index in [1.807, 2.05) is 49.4 Å². The van der Waals surface area contributed by atoms with Crippen LogP contribution in [0.1, 0.15) is 24.1 Å². The van der Waals surface area contributed by atoms with Crippen LogP contribution in [0, 0.1) is 0 Å². The molecule has 0 aromatic heterocycles. The van der Waals surface area contributed by atoms with E-state index in [2.05, 4.69) is 10.0 Å². The fraction of sp³-hybridized carbons (Fsp3) is 0.208. The van der Waals surface area contributed by atoms with Crippen LogP contribution in [0.4, 0.5) is 0 Å². The van der Waals surface area contributed by atoms with Gasteiger partial charge in [0.05, 0.1) is 23.1 Å². The molecule has 2 N–H and O–H groups in total. The predicted octanol–water partition coefficient (Wildman–Crippen LogP) is 4.77. The normalized spacial score (nSPS) is 13.2. The number of hydrogen-bond donors (Lipinski definition) is 2. The predicted molar refractivity (Wildman–Crippen MR) is 130 cm³/mol. The summed E-state index contributed by atoms with van der Waals surface area (Å²) in [6.45, 7) is 1.82. The van der Waals surface area contributed by atoms with Crippen LogP contribution in [0.5, 0.6) is 5.75 Å². The van der Waals surface area contributed by atoms with Gasteiger partial charge in [0.1, 0.15) is 11.8 Å². The summed E-state index contributed by atoms with van der Waals surface area (Å²) in [5.74, 6) is -0.101. The third-order valence-corrected chi connectivity index (χ3v) is 7.08. The van der Waals surface area contributed by atoms with Gasteiger partial charge in [-0.15, -0.1) is 0 Å². The first-order chi connectivity index (χ1) is 15.7. The summed E-state index contributed by atoms with van der Waals surface area (Å²) < 4.78 is 33.8. The molecule has 0 fully saturated rings. The van der Waals surface area contributed by atoms with Crippen molar-refractivity contribution in [1.29, 1.82) is 0 Å². The molecule has 0 bridgehead atoms. The first kappa shape index (κ1) is 25.1. The Bertz CT molecular complexity index is 1200. The molecule has 3 aromatic rings. The van der Waals surface area contributed by atoms with Crippen molar-refractivity contribution in [2.45, 2.75) is 30.3 Å². The smallest absolute Gasteiger partial charge is 0.241 e. The van der Waals surface area contributed by atoms with Gasteiger partial charge < -0.3 is 10.1 Å². The highest BCUT2D eigenvalue weighted by Gasteiger charge is 2.27. The monoisotopic (exact) mass is 506 g/mol. The number of methoxy groups -OCH3 is 1. The molecule has 0 aliphatic carbocycles. The maximum Gasteiger partial charge on any atom is 0.241 e. The van der Waals surface area contributed by atoms with E-state index < -0.39 is 22.0 Å². The first-order valence-electron chi connectivity index (χ1n) is 10.1. The zero-order chi connectivity index (χ0) is 24.0. The zero-order valence-electron chi connectivity index (χ0n) is 18.1. The highest BCUT2D eigenvalue weighted by molar-refractivity contribution is 7.89. The molecule has 0 unspecified atom stereocenters. The number of ether oxygens (including phenoxy) is 1. The molecule has 0 saturated heterocycles. The van der Waals surface area contributed by atoms with Crippen molar-refractivity contribution in [3.05, 3.63) is 94.0 Å². The van der Waals surface area contributed by atoms with Crippen molar-refractivity contribution in [1.82, 2.24) is 10.0 Å². The summed E-state index contributed by atoms with van der Waals surface area (Å²) in [6.07, 6.45) is 0.170. The molecule has 6 nitrogen and oxygen atoms in total. The molecule has 33 heavy (non-hydrogen) atoms. The number of amides is 1. The molecule has 0 radical (unpaired) electrons. The minimum Gasteiger partial charge on any atom is -0.495 e. The van der Waals surface area contributed by atoms with Crippen molar-refractivity contribution in [3.63, 3.8) is 0 Å². The van der Waals surface area contributed by atoms with Gasteiger partial charge in [-0.2, -0.15) is 4.72 Å². The Morgan fingerprint density at radius 1 is 1.00 bits per heavy atom. The largest absolute Gasteiger partial charge is 0.495 e. The minimum absolute atomic E-state index is 0.0649. The third-order valence-electron chi connectivity index (χ3n) is 5.06. The molecule has 0 heterocycles. The van der Waals surface area contributed by atoms with E-state index in [1.165, 1.54) is 25.3 Å². The van der Waals surface area contributed by atoms with Gasteiger partial charge in [-0.05, 0) is 54.8 Å². The summed E-state index contributed by atoms with van der Waals surface area (Å²) in [7, 11) is -2.61. The second-order valence-electron chi connectivity index (χ2n) is 7.44. The minimum atomic E-state index is -4.05. The van der Waals surface area contributed by atoms with Crippen LogP contribution in [0.25, 0.3) is 0 Å². The molecular formula is C24H24Cl2N2O4S. The Hall–Kier alpha value is -2.58. The van der Waals surface area contributed by atoms with E-state index in [-0.39, 0.29) is 22.4 Å². The number of hydrogen-bond acceptors (Lipinski definition) is 4. The topological polar surface area (TPSA) is 84.5 Å². The highest BCUT2D eigenvalue weighted by Crippen LogP contribution is 2.27. The Morgan fingerprint density at radius 3 is 2.27 bits per heavy atom. The van der Waals surface area contributed by atoms with Gasteiger partial charge in [-0.1, -0.05) is 65.7 Å². The van der Waals surface area contributed by atoms with E-state index in [4.69, 9.17) is 27.9 Å². The molecule has 0 aliphatic rings. The summed E-state index contributed by atoms with van der Waals surface area (Å²) in [4.78, 5) is 13.1. The molecule has 0 spiro atoms. The molecule has 3 aromatic carbocycles. The molecular weight excluding hydrogens is 483 g/mol. The van der Waals surface area contributed by atoms with E-state index in [1.54, 1.807) is 12.1 Å². The summed E-state index contributed by atoms with van der Waals surface area (Å²) in [5, 5.41) is 3.63. The number of sulfonamides is 1. The molecule has 174 valence electrons. The Labute approximate surface area is 203 Å². The van der Waals surface area contributed by atoms with Gasteiger partial charge in [0.25, 0.3) is 0 Å². The lowest BCUT2D eigenvalue weighted by Gasteiger charge is -2.22. The van der Waals surface area contributed by atoms with Crippen LogP contribution in [-0.2, 0) is 21.2 Å². The van der Waals surface area contributed by atoms with Crippen molar-refractivity contribution in [2.75, 3.05) is 7.11 Å². The van der Waals surface area contributed by atoms with Crippen molar-refractivity contribution in [2.24, 2.45) is 0 Å². The lowest BCUT2D eigenvalue weighted by Crippen LogP contribution is -2.48. The number of rotatable bonds is 9. The number of carbonyl (C=O) groups excluding carboxylic acids is 1. The second-order valence-corrected chi connectivity index (χ2v) is 10.00. The third kappa shape index (κ3) is 6.71. The van der Waals surface area contributed by atoms with Crippen molar-refractivity contribution in [3.8, 4) is 5.75 Å². The second kappa shape index (κ2) is 11.0. The molecule has 2 atom stereocenters. The van der Waals surface area contributed by atoms with Crippen LogP contribution in [-0.4, -0.2) is 27.5 Å². The zero-order valence-corrected chi connectivity index (χ0v) is 20.4. The number of benzene rings is 3. The van der Waals surface area contributed by atoms with Crippen LogP contribution >= 0.6 is 23.2 Å². The molecule has 3 rings (SSSR count). The van der Waals surface area contributed by atoms with Gasteiger partial charge in [0.2, 0.25) is 15.9 Å². The maximum absolute atomic E-state index is 13.2. The molecule has 1 amide bonds. The van der Waals surface area contributed by atoms with Crippen molar-refractivity contribution >= 4 is 39.1 Å². The lowest BCUT2D eigenvalue weighted by atomic mass is 10.0. The summed E-state index contributed by atoms with van der Waals surface area (Å²) >= 11 is 12.0. The van der Waals surface area contributed by atoms with E-state index in [0.717, 1.165) is 11.1 Å². The van der Waals surface area contributed by atoms with Gasteiger partial charge in [-0.3, -0.25) is 4.79 Å². The lowest BCUT2D eigenvalue weighted by molar-refractivity contribution is -0.123.